The van der Waals surface area contributed by atoms with Crippen molar-refractivity contribution in [3.8, 4) is 0 Å². The van der Waals surface area contributed by atoms with E-state index < -0.39 is 30.4 Å². The highest BCUT2D eigenvalue weighted by Crippen LogP contribution is 2.07. The summed E-state index contributed by atoms with van der Waals surface area (Å²) in [5.74, 6) is -2.12. The lowest BCUT2D eigenvalue weighted by atomic mass is 10.2. The summed E-state index contributed by atoms with van der Waals surface area (Å²) < 4.78 is 0. The number of nitrogens with two attached hydrogens (primary N) is 1. The van der Waals surface area contributed by atoms with Crippen LogP contribution in [0, 0.1) is 6.92 Å². The zero-order valence-corrected chi connectivity index (χ0v) is 11.0. The van der Waals surface area contributed by atoms with E-state index in [2.05, 4.69) is 15.6 Å². The van der Waals surface area contributed by atoms with Crippen molar-refractivity contribution in [2.24, 2.45) is 5.73 Å². The number of nitrogens with one attached hydrogen (secondary N) is 2. The summed E-state index contributed by atoms with van der Waals surface area (Å²) in [4.78, 5) is 37.0. The van der Waals surface area contributed by atoms with Crippen molar-refractivity contribution < 1.29 is 19.5 Å². The van der Waals surface area contributed by atoms with Gasteiger partial charge in [0.05, 0.1) is 23.7 Å². The molecule has 0 aliphatic carbocycles. The van der Waals surface area contributed by atoms with Gasteiger partial charge in [0.2, 0.25) is 5.91 Å². The van der Waals surface area contributed by atoms with Crippen LogP contribution < -0.4 is 16.4 Å². The van der Waals surface area contributed by atoms with Crippen molar-refractivity contribution in [3.63, 3.8) is 0 Å². The number of aliphatic carboxylic acids is 1. The molecule has 3 amide bonds. The molecule has 1 unspecified atom stereocenters. The molecule has 0 bridgehead atoms. The first-order valence-corrected chi connectivity index (χ1v) is 6.23. The molecule has 0 radical (unpaired) electrons. The largest absolute Gasteiger partial charge is 0.480 e. The van der Waals surface area contributed by atoms with E-state index in [0.29, 0.717) is 5.69 Å². The molecule has 1 aromatic heterocycles. The number of primary amides is 1. The Hall–Kier alpha value is -2.16. The Balaban J connectivity index is 2.44. The number of aromatic nitrogens is 1. The molecule has 0 saturated carbocycles. The summed E-state index contributed by atoms with van der Waals surface area (Å²) in [6.45, 7) is 2.01. The second-order valence-electron chi connectivity index (χ2n) is 3.75. The number of urea groups is 1. The first kappa shape index (κ1) is 14.9. The van der Waals surface area contributed by atoms with Gasteiger partial charge in [0.25, 0.3) is 0 Å². The van der Waals surface area contributed by atoms with Gasteiger partial charge in [-0.3, -0.25) is 4.79 Å². The number of hydrogen-bond donors (Lipinski definition) is 4. The smallest absolute Gasteiger partial charge is 0.326 e. The Kier molecular flexibility index (Phi) is 5.24. The van der Waals surface area contributed by atoms with E-state index in [9.17, 15) is 14.4 Å². The summed E-state index contributed by atoms with van der Waals surface area (Å²) in [5.41, 5.74) is 5.57. The molecule has 9 heteroatoms. The van der Waals surface area contributed by atoms with Crippen molar-refractivity contribution in [2.45, 2.75) is 25.9 Å². The van der Waals surface area contributed by atoms with Gasteiger partial charge in [0.15, 0.2) is 0 Å². The number of nitrogens with zero attached hydrogens (tertiary/aromatic N) is 1. The van der Waals surface area contributed by atoms with Crippen LogP contribution >= 0.6 is 11.3 Å². The Morgan fingerprint density at radius 3 is 2.68 bits per heavy atom. The molecule has 0 saturated heterocycles. The van der Waals surface area contributed by atoms with E-state index in [-0.39, 0.29) is 6.54 Å². The molecule has 104 valence electrons. The van der Waals surface area contributed by atoms with Crippen LogP contribution in [0.2, 0.25) is 0 Å². The van der Waals surface area contributed by atoms with E-state index in [1.54, 1.807) is 5.38 Å². The predicted molar refractivity (Wildman–Crippen MR) is 67.5 cm³/mol. The number of carboxylic acid groups (broad SMARTS) is 1. The van der Waals surface area contributed by atoms with Gasteiger partial charge in [-0.05, 0) is 6.92 Å². The van der Waals surface area contributed by atoms with Crippen LogP contribution in [0.5, 0.6) is 0 Å². The number of thiazole rings is 1. The Labute approximate surface area is 113 Å². The van der Waals surface area contributed by atoms with Gasteiger partial charge in [0.1, 0.15) is 6.04 Å². The number of rotatable bonds is 6. The lowest BCUT2D eigenvalue weighted by Gasteiger charge is -2.13. The standard InChI is InChI=1S/C10H14N4O4S/c1-5-13-6(4-19-5)3-12-10(18)14-7(9(16)17)2-8(11)15/h4,7H,2-3H2,1H3,(H2,11,15)(H,16,17)(H2,12,14,18). The fourth-order valence-corrected chi connectivity index (χ4v) is 1.88. The molecule has 1 aromatic rings. The van der Waals surface area contributed by atoms with E-state index in [1.807, 2.05) is 6.92 Å². The third kappa shape index (κ3) is 5.34. The average molecular weight is 286 g/mol. The van der Waals surface area contributed by atoms with E-state index in [0.717, 1.165) is 5.01 Å². The molecule has 1 atom stereocenters. The van der Waals surface area contributed by atoms with E-state index in [4.69, 9.17) is 10.8 Å². The summed E-state index contributed by atoms with van der Waals surface area (Å²) in [7, 11) is 0. The topological polar surface area (TPSA) is 134 Å². The second-order valence-corrected chi connectivity index (χ2v) is 4.81. The van der Waals surface area contributed by atoms with Gasteiger partial charge in [-0.25, -0.2) is 14.6 Å². The molecule has 8 nitrogen and oxygen atoms in total. The Bertz CT molecular complexity index is 488. The SMILES string of the molecule is Cc1nc(CNC(=O)NC(CC(N)=O)C(=O)O)cs1. The summed E-state index contributed by atoms with van der Waals surface area (Å²) in [6.07, 6.45) is -0.460. The molecule has 0 aliphatic rings. The molecule has 1 heterocycles. The highest BCUT2D eigenvalue weighted by molar-refractivity contribution is 7.09. The van der Waals surface area contributed by atoms with Crippen LogP contribution in [0.1, 0.15) is 17.1 Å². The van der Waals surface area contributed by atoms with Crippen molar-refractivity contribution in [1.82, 2.24) is 15.6 Å². The molecular weight excluding hydrogens is 272 g/mol. The van der Waals surface area contributed by atoms with Crippen LogP contribution in [-0.2, 0) is 16.1 Å². The number of aryl methyl sites for hydroxylation is 1. The summed E-state index contributed by atoms with van der Waals surface area (Å²) in [5, 5.41) is 16.1. The minimum absolute atomic E-state index is 0.180. The highest BCUT2D eigenvalue weighted by atomic mass is 32.1. The van der Waals surface area contributed by atoms with Crippen LogP contribution in [-0.4, -0.2) is 34.0 Å². The third-order valence-electron chi connectivity index (χ3n) is 2.11. The van der Waals surface area contributed by atoms with Gasteiger partial charge < -0.3 is 21.5 Å². The van der Waals surface area contributed by atoms with Crippen LogP contribution in [0.4, 0.5) is 4.79 Å². The van der Waals surface area contributed by atoms with Gasteiger partial charge in [0, 0.05) is 5.38 Å². The fraction of sp³-hybridized carbons (Fsp3) is 0.400. The fourth-order valence-electron chi connectivity index (χ4n) is 1.27. The first-order valence-electron chi connectivity index (χ1n) is 5.35. The van der Waals surface area contributed by atoms with E-state index >= 15 is 0 Å². The number of amides is 3. The normalized spacial score (nSPS) is 11.6. The lowest BCUT2D eigenvalue weighted by Crippen LogP contribution is -2.47. The van der Waals surface area contributed by atoms with Crippen LogP contribution in [0.15, 0.2) is 5.38 Å². The van der Waals surface area contributed by atoms with Gasteiger partial charge >= 0.3 is 12.0 Å². The first-order chi connectivity index (χ1) is 8.88. The molecule has 19 heavy (non-hydrogen) atoms. The van der Waals surface area contributed by atoms with E-state index in [1.165, 1.54) is 11.3 Å². The number of carbonyl (C=O) groups is 3. The number of carboxylic acids is 1. The Morgan fingerprint density at radius 2 is 2.21 bits per heavy atom. The van der Waals surface area contributed by atoms with Gasteiger partial charge in [-0.15, -0.1) is 11.3 Å². The van der Waals surface area contributed by atoms with Crippen molar-refractivity contribution >= 4 is 29.2 Å². The third-order valence-corrected chi connectivity index (χ3v) is 2.93. The minimum Gasteiger partial charge on any atom is -0.480 e. The second kappa shape index (κ2) is 6.69. The number of carbonyl (C=O) groups excluding carboxylic acids is 2. The molecule has 0 aliphatic heterocycles. The van der Waals surface area contributed by atoms with Crippen molar-refractivity contribution in [1.29, 1.82) is 0 Å². The molecule has 5 N–H and O–H groups in total. The number of hydrogen-bond acceptors (Lipinski definition) is 5. The Morgan fingerprint density at radius 1 is 1.53 bits per heavy atom. The monoisotopic (exact) mass is 286 g/mol. The van der Waals surface area contributed by atoms with Crippen LogP contribution in [0.25, 0.3) is 0 Å². The molecule has 0 fully saturated rings. The maximum Gasteiger partial charge on any atom is 0.326 e. The summed E-state index contributed by atoms with van der Waals surface area (Å²) >= 11 is 1.45. The molecule has 1 rings (SSSR count). The maximum atomic E-state index is 11.5. The minimum atomic E-state index is -1.34. The zero-order valence-electron chi connectivity index (χ0n) is 10.2. The van der Waals surface area contributed by atoms with Crippen molar-refractivity contribution in [3.05, 3.63) is 16.1 Å². The highest BCUT2D eigenvalue weighted by Gasteiger charge is 2.21. The average Bonchev–Trinajstić information content (AvgIpc) is 2.71. The van der Waals surface area contributed by atoms with Crippen LogP contribution in [0.3, 0.4) is 0 Å². The zero-order chi connectivity index (χ0) is 14.4. The van der Waals surface area contributed by atoms with Gasteiger partial charge in [-0.2, -0.15) is 0 Å². The van der Waals surface area contributed by atoms with Crippen molar-refractivity contribution in [2.75, 3.05) is 0 Å². The quantitative estimate of drug-likeness (QED) is 0.563. The molecule has 0 spiro atoms. The predicted octanol–water partition coefficient (Wildman–Crippen LogP) is -0.421. The molecule has 0 aromatic carbocycles. The molecular formula is C10H14N4O4S. The van der Waals surface area contributed by atoms with Gasteiger partial charge in [-0.1, -0.05) is 0 Å². The maximum absolute atomic E-state index is 11.5. The lowest BCUT2D eigenvalue weighted by molar-refractivity contribution is -0.140. The summed E-state index contributed by atoms with van der Waals surface area (Å²) in [6, 6.07) is -2.03.